The van der Waals surface area contributed by atoms with Gasteiger partial charge in [-0.1, -0.05) is 54.1 Å². The first-order chi connectivity index (χ1) is 14.6. The molecule has 1 unspecified atom stereocenters. The summed E-state index contributed by atoms with van der Waals surface area (Å²) in [6.07, 6.45) is 1.69. The molecule has 0 radical (unpaired) electrons. The largest absolute Gasteiger partial charge is 0.357 e. The Hall–Kier alpha value is -3.22. The molecule has 0 saturated heterocycles. The van der Waals surface area contributed by atoms with Gasteiger partial charge in [-0.3, -0.25) is 4.79 Å². The Kier molecular flexibility index (Phi) is 6.07. The fraction of sp³-hybridized carbons (Fsp3) is 0.0870. The lowest BCUT2D eigenvalue weighted by Gasteiger charge is -2.19. The Morgan fingerprint density at radius 2 is 1.70 bits per heavy atom. The highest BCUT2D eigenvalue weighted by molar-refractivity contribution is 7.17. The Balaban J connectivity index is 1.60. The average Bonchev–Trinajstić information content (AvgIpc) is 3.29. The van der Waals surface area contributed by atoms with Crippen molar-refractivity contribution < 1.29 is 4.79 Å². The van der Waals surface area contributed by atoms with Crippen LogP contribution in [-0.2, 0) is 0 Å². The van der Waals surface area contributed by atoms with Crippen LogP contribution in [0.25, 0.3) is 10.6 Å². The molecule has 0 aliphatic carbocycles. The second-order valence-corrected chi connectivity index (χ2v) is 8.07. The van der Waals surface area contributed by atoms with Crippen LogP contribution in [0, 0.1) is 0 Å². The van der Waals surface area contributed by atoms with Crippen molar-refractivity contribution in [2.75, 3.05) is 12.4 Å². The molecule has 2 aromatic heterocycles. The number of halogens is 1. The van der Waals surface area contributed by atoms with Gasteiger partial charge in [0.05, 0.1) is 21.5 Å². The molecule has 0 spiro atoms. The van der Waals surface area contributed by atoms with Crippen molar-refractivity contribution in [1.82, 2.24) is 15.3 Å². The van der Waals surface area contributed by atoms with Gasteiger partial charge in [-0.25, -0.2) is 9.97 Å². The number of carbonyl (C=O) groups is 1. The average molecular weight is 435 g/mol. The molecule has 0 aliphatic rings. The normalized spacial score (nSPS) is 11.7. The Bertz CT molecular complexity index is 1150. The first-order valence-corrected chi connectivity index (χ1v) is 10.6. The summed E-state index contributed by atoms with van der Waals surface area (Å²) in [6, 6.07) is 22.7. The predicted octanol–water partition coefficient (Wildman–Crippen LogP) is 5.42. The molecule has 2 aromatic carbocycles. The monoisotopic (exact) mass is 434 g/mol. The highest BCUT2D eigenvalue weighted by Crippen LogP contribution is 2.29. The fourth-order valence-electron chi connectivity index (χ4n) is 3.08. The summed E-state index contributed by atoms with van der Waals surface area (Å²) in [5.41, 5.74) is 2.74. The zero-order valence-electron chi connectivity index (χ0n) is 16.2. The molecule has 2 heterocycles. The first kappa shape index (κ1) is 20.1. The minimum atomic E-state index is -0.281. The molecular formula is C23H19ClN4OS. The summed E-state index contributed by atoms with van der Waals surface area (Å²) in [4.78, 5) is 23.2. The summed E-state index contributed by atoms with van der Waals surface area (Å²) in [6.45, 7) is 0. The molecule has 150 valence electrons. The van der Waals surface area contributed by atoms with E-state index in [1.165, 1.54) is 11.3 Å². The summed E-state index contributed by atoms with van der Waals surface area (Å²) in [7, 11) is 1.77. The van der Waals surface area contributed by atoms with Gasteiger partial charge in [0.1, 0.15) is 0 Å². The third-order valence-corrected chi connectivity index (χ3v) is 5.93. The number of carbonyl (C=O) groups excluding carboxylic acids is 1. The minimum absolute atomic E-state index is 0.141. The fourth-order valence-corrected chi connectivity index (χ4v) is 4.08. The molecule has 7 heteroatoms. The van der Waals surface area contributed by atoms with E-state index in [0.717, 1.165) is 21.7 Å². The smallest absolute Gasteiger partial charge is 0.262 e. The summed E-state index contributed by atoms with van der Waals surface area (Å²) >= 11 is 7.44. The molecule has 30 heavy (non-hydrogen) atoms. The van der Waals surface area contributed by atoms with Crippen LogP contribution in [-0.4, -0.2) is 22.9 Å². The van der Waals surface area contributed by atoms with Gasteiger partial charge in [0, 0.05) is 18.3 Å². The molecule has 0 aliphatic heterocycles. The van der Waals surface area contributed by atoms with E-state index >= 15 is 0 Å². The van der Waals surface area contributed by atoms with Crippen molar-refractivity contribution in [1.29, 1.82) is 0 Å². The first-order valence-electron chi connectivity index (χ1n) is 9.36. The molecule has 1 amide bonds. The van der Waals surface area contributed by atoms with E-state index in [4.69, 9.17) is 11.6 Å². The summed E-state index contributed by atoms with van der Waals surface area (Å²) in [5, 5.41) is 6.74. The van der Waals surface area contributed by atoms with Crippen molar-refractivity contribution in [2.24, 2.45) is 0 Å². The van der Waals surface area contributed by atoms with Crippen LogP contribution < -0.4 is 10.6 Å². The van der Waals surface area contributed by atoms with Crippen molar-refractivity contribution in [3.63, 3.8) is 0 Å². The number of amides is 1. The standard InChI is InChI=1S/C23H19ClN4OS/c1-25-23-26-14-13-18(27-23)19-11-12-20(30-19)22(29)28-21(15-5-3-2-4-6-15)16-7-9-17(24)10-8-16/h2-14,21H,1H3,(H,28,29)(H,25,26,27). The van der Waals surface area contributed by atoms with Gasteiger partial charge in [-0.15, -0.1) is 11.3 Å². The SMILES string of the molecule is CNc1nccc(-c2ccc(C(=O)NC(c3ccccc3)c3ccc(Cl)cc3)s2)n1. The quantitative estimate of drug-likeness (QED) is 0.425. The van der Waals surface area contributed by atoms with Gasteiger partial charge in [0.25, 0.3) is 5.91 Å². The molecule has 2 N–H and O–H groups in total. The zero-order chi connectivity index (χ0) is 20.9. The van der Waals surface area contributed by atoms with Crippen LogP contribution in [0.15, 0.2) is 79.0 Å². The minimum Gasteiger partial charge on any atom is -0.357 e. The number of thiophene rings is 1. The molecule has 0 saturated carbocycles. The predicted molar refractivity (Wildman–Crippen MR) is 122 cm³/mol. The number of hydrogen-bond donors (Lipinski definition) is 2. The second kappa shape index (κ2) is 9.07. The van der Waals surface area contributed by atoms with E-state index in [2.05, 4.69) is 20.6 Å². The van der Waals surface area contributed by atoms with Crippen LogP contribution in [0.4, 0.5) is 5.95 Å². The van der Waals surface area contributed by atoms with Crippen LogP contribution >= 0.6 is 22.9 Å². The van der Waals surface area contributed by atoms with E-state index in [9.17, 15) is 4.79 Å². The third kappa shape index (κ3) is 4.50. The van der Waals surface area contributed by atoms with Gasteiger partial charge in [0.2, 0.25) is 5.95 Å². The van der Waals surface area contributed by atoms with Crippen molar-refractivity contribution in [3.8, 4) is 10.6 Å². The maximum Gasteiger partial charge on any atom is 0.262 e. The second-order valence-electron chi connectivity index (χ2n) is 6.55. The van der Waals surface area contributed by atoms with Gasteiger partial charge in [-0.2, -0.15) is 0 Å². The van der Waals surface area contributed by atoms with Gasteiger partial charge in [0.15, 0.2) is 0 Å². The van der Waals surface area contributed by atoms with E-state index in [1.54, 1.807) is 13.2 Å². The lowest BCUT2D eigenvalue weighted by atomic mass is 9.98. The maximum absolute atomic E-state index is 13.1. The molecular weight excluding hydrogens is 416 g/mol. The lowest BCUT2D eigenvalue weighted by Crippen LogP contribution is -2.28. The van der Waals surface area contributed by atoms with Gasteiger partial charge >= 0.3 is 0 Å². The molecule has 5 nitrogen and oxygen atoms in total. The Morgan fingerprint density at radius 1 is 0.967 bits per heavy atom. The summed E-state index contributed by atoms with van der Waals surface area (Å²) in [5.74, 6) is 0.400. The van der Waals surface area contributed by atoms with Crippen molar-refractivity contribution >= 4 is 34.8 Å². The molecule has 4 rings (SSSR count). The molecule has 0 fully saturated rings. The molecule has 4 aromatic rings. The number of aromatic nitrogens is 2. The Labute approximate surface area is 183 Å². The van der Waals surface area contributed by atoms with E-state index in [-0.39, 0.29) is 11.9 Å². The van der Waals surface area contributed by atoms with Crippen LogP contribution in [0.1, 0.15) is 26.8 Å². The number of nitrogens with one attached hydrogen (secondary N) is 2. The number of nitrogens with zero attached hydrogens (tertiary/aromatic N) is 2. The van der Waals surface area contributed by atoms with Crippen LogP contribution in [0.2, 0.25) is 5.02 Å². The van der Waals surface area contributed by atoms with Crippen molar-refractivity contribution in [2.45, 2.75) is 6.04 Å². The zero-order valence-corrected chi connectivity index (χ0v) is 17.7. The van der Waals surface area contributed by atoms with Crippen LogP contribution in [0.3, 0.4) is 0 Å². The van der Waals surface area contributed by atoms with E-state index in [1.807, 2.05) is 72.8 Å². The number of anilines is 1. The molecule has 0 bridgehead atoms. The number of rotatable bonds is 6. The highest BCUT2D eigenvalue weighted by atomic mass is 35.5. The van der Waals surface area contributed by atoms with Gasteiger partial charge in [-0.05, 0) is 41.5 Å². The lowest BCUT2D eigenvalue weighted by molar-refractivity contribution is 0.0947. The topological polar surface area (TPSA) is 66.9 Å². The summed E-state index contributed by atoms with van der Waals surface area (Å²) < 4.78 is 0. The number of hydrogen-bond acceptors (Lipinski definition) is 5. The highest BCUT2D eigenvalue weighted by Gasteiger charge is 2.19. The Morgan fingerprint density at radius 3 is 2.43 bits per heavy atom. The van der Waals surface area contributed by atoms with Crippen LogP contribution in [0.5, 0.6) is 0 Å². The third-order valence-electron chi connectivity index (χ3n) is 4.57. The van der Waals surface area contributed by atoms with Gasteiger partial charge < -0.3 is 10.6 Å². The van der Waals surface area contributed by atoms with Crippen molar-refractivity contribution in [3.05, 3.63) is 100 Å². The van der Waals surface area contributed by atoms with E-state index in [0.29, 0.717) is 15.8 Å². The number of benzene rings is 2. The molecule has 1 atom stereocenters. The van der Waals surface area contributed by atoms with E-state index < -0.39 is 0 Å². The maximum atomic E-state index is 13.1.